The molecule has 1 unspecified atom stereocenters. The molecule has 1 aliphatic heterocycles. The first-order chi connectivity index (χ1) is 9.52. The van der Waals surface area contributed by atoms with Crippen LogP contribution in [0.15, 0.2) is 35.0 Å². The molecule has 102 valence electrons. The van der Waals surface area contributed by atoms with Crippen molar-refractivity contribution in [2.75, 3.05) is 5.32 Å². The summed E-state index contributed by atoms with van der Waals surface area (Å²) in [6.07, 6.45) is -0.244. The lowest BCUT2D eigenvalue weighted by Gasteiger charge is -2.19. The highest BCUT2D eigenvalue weighted by molar-refractivity contribution is 7.08. The molecular weight excluding hydrogens is 274 g/mol. The van der Waals surface area contributed by atoms with Crippen LogP contribution < -0.4 is 5.32 Å². The maximum absolute atomic E-state index is 12.2. The van der Waals surface area contributed by atoms with E-state index >= 15 is 0 Å². The normalized spacial score (nSPS) is 20.6. The van der Waals surface area contributed by atoms with Crippen molar-refractivity contribution in [3.8, 4) is 0 Å². The number of benzene rings is 1. The first-order valence-corrected chi connectivity index (χ1v) is 7.16. The summed E-state index contributed by atoms with van der Waals surface area (Å²) in [5.41, 5.74) is 0.705. The number of amides is 1. The molecule has 0 aliphatic carbocycles. The Labute approximate surface area is 120 Å². The van der Waals surface area contributed by atoms with Crippen molar-refractivity contribution in [3.05, 3.63) is 51.7 Å². The Morgan fingerprint density at radius 3 is 2.90 bits per heavy atom. The van der Waals surface area contributed by atoms with Crippen molar-refractivity contribution in [1.29, 1.82) is 0 Å². The van der Waals surface area contributed by atoms with Gasteiger partial charge in [0.05, 0.1) is 12.1 Å². The van der Waals surface area contributed by atoms with Crippen LogP contribution in [0.1, 0.15) is 27.9 Å². The molecule has 1 atom stereocenters. The maximum atomic E-state index is 12.2. The van der Waals surface area contributed by atoms with Crippen LogP contribution in [-0.4, -0.2) is 16.8 Å². The topological polar surface area (TPSA) is 66.4 Å². The fraction of sp³-hybridized carbons (Fsp3) is 0.200. The molecule has 2 heterocycles. The second kappa shape index (κ2) is 4.54. The van der Waals surface area contributed by atoms with E-state index in [0.717, 1.165) is 5.56 Å². The summed E-state index contributed by atoms with van der Waals surface area (Å²) >= 11 is 1.41. The van der Waals surface area contributed by atoms with Gasteiger partial charge in [0.15, 0.2) is 11.4 Å². The van der Waals surface area contributed by atoms with E-state index < -0.39 is 11.5 Å². The lowest BCUT2D eigenvalue weighted by atomic mass is 9.88. The van der Waals surface area contributed by atoms with Crippen molar-refractivity contribution in [2.45, 2.75) is 18.9 Å². The summed E-state index contributed by atoms with van der Waals surface area (Å²) < 4.78 is 0. The number of carbonyl (C=O) groups is 2. The number of anilines is 1. The predicted molar refractivity (Wildman–Crippen MR) is 77.0 cm³/mol. The second-order valence-electron chi connectivity index (χ2n) is 4.92. The minimum absolute atomic E-state index is 0.238. The zero-order valence-electron chi connectivity index (χ0n) is 10.8. The standard InChI is InChI=1S/C15H13NO3S/c1-9-3-2-4-11-13(9)16-14(18)15(11,19)7-12(17)10-5-6-20-8-10/h2-6,8,19H,7H2,1H3,(H,16,18). The Balaban J connectivity index is 1.99. The lowest BCUT2D eigenvalue weighted by molar-refractivity contribution is -0.133. The molecule has 5 heteroatoms. The van der Waals surface area contributed by atoms with Crippen LogP contribution in [0.4, 0.5) is 5.69 Å². The molecule has 0 fully saturated rings. The van der Waals surface area contributed by atoms with Gasteiger partial charge >= 0.3 is 0 Å². The summed E-state index contributed by atoms with van der Waals surface area (Å²) in [6.45, 7) is 1.85. The number of aliphatic hydroxyl groups is 1. The van der Waals surface area contributed by atoms with Crippen LogP contribution in [0, 0.1) is 6.92 Å². The van der Waals surface area contributed by atoms with Gasteiger partial charge in [0.25, 0.3) is 5.91 Å². The van der Waals surface area contributed by atoms with E-state index in [4.69, 9.17) is 0 Å². The lowest BCUT2D eigenvalue weighted by Crippen LogP contribution is -2.36. The van der Waals surface area contributed by atoms with E-state index in [1.54, 1.807) is 29.0 Å². The molecule has 1 aromatic heterocycles. The average Bonchev–Trinajstić information content (AvgIpc) is 3.01. The van der Waals surface area contributed by atoms with E-state index in [-0.39, 0.29) is 12.2 Å². The van der Waals surface area contributed by atoms with Crippen molar-refractivity contribution in [1.82, 2.24) is 0 Å². The van der Waals surface area contributed by atoms with Gasteiger partial charge in [-0.3, -0.25) is 9.59 Å². The molecular formula is C15H13NO3S. The number of nitrogens with one attached hydrogen (secondary N) is 1. The number of hydrogen-bond donors (Lipinski definition) is 2. The molecule has 0 bridgehead atoms. The number of carbonyl (C=O) groups excluding carboxylic acids is 2. The number of para-hydroxylation sites is 1. The fourth-order valence-corrected chi connectivity index (χ4v) is 3.11. The van der Waals surface area contributed by atoms with Gasteiger partial charge in [-0.25, -0.2) is 0 Å². The first kappa shape index (κ1) is 13.0. The molecule has 20 heavy (non-hydrogen) atoms. The van der Waals surface area contributed by atoms with E-state index in [1.165, 1.54) is 11.3 Å². The van der Waals surface area contributed by atoms with Crippen molar-refractivity contribution >= 4 is 28.7 Å². The minimum Gasteiger partial charge on any atom is -0.375 e. The first-order valence-electron chi connectivity index (χ1n) is 6.22. The van der Waals surface area contributed by atoms with Crippen molar-refractivity contribution < 1.29 is 14.7 Å². The van der Waals surface area contributed by atoms with Crippen LogP contribution in [0.5, 0.6) is 0 Å². The van der Waals surface area contributed by atoms with Gasteiger partial charge in [-0.05, 0) is 23.9 Å². The smallest absolute Gasteiger partial charge is 0.261 e. The summed E-state index contributed by atoms with van der Waals surface area (Å²) in [4.78, 5) is 24.3. The van der Waals surface area contributed by atoms with Crippen LogP contribution in [-0.2, 0) is 10.4 Å². The predicted octanol–water partition coefficient (Wildman–Crippen LogP) is 2.47. The van der Waals surface area contributed by atoms with E-state index in [0.29, 0.717) is 16.8 Å². The van der Waals surface area contributed by atoms with Crippen LogP contribution in [0.25, 0.3) is 0 Å². The van der Waals surface area contributed by atoms with E-state index in [2.05, 4.69) is 5.32 Å². The van der Waals surface area contributed by atoms with Gasteiger partial charge in [0.1, 0.15) is 0 Å². The van der Waals surface area contributed by atoms with Gasteiger partial charge in [-0.2, -0.15) is 11.3 Å². The molecule has 1 aliphatic rings. The third-order valence-corrected chi connectivity index (χ3v) is 4.28. The van der Waals surface area contributed by atoms with Crippen molar-refractivity contribution in [3.63, 3.8) is 0 Å². The number of thiophene rings is 1. The summed E-state index contributed by atoms with van der Waals surface area (Å²) in [5.74, 6) is -0.774. The monoisotopic (exact) mass is 287 g/mol. The molecule has 0 saturated heterocycles. The zero-order valence-corrected chi connectivity index (χ0v) is 11.7. The van der Waals surface area contributed by atoms with E-state index in [9.17, 15) is 14.7 Å². The zero-order chi connectivity index (χ0) is 14.3. The maximum Gasteiger partial charge on any atom is 0.261 e. The molecule has 2 N–H and O–H groups in total. The Hall–Kier alpha value is -1.98. The molecule has 3 rings (SSSR count). The van der Waals surface area contributed by atoms with Gasteiger partial charge in [-0.1, -0.05) is 18.2 Å². The number of aryl methyl sites for hydroxylation is 1. The Kier molecular flexibility index (Phi) is 2.96. The number of hydrogen-bond acceptors (Lipinski definition) is 4. The minimum atomic E-state index is -1.78. The SMILES string of the molecule is Cc1cccc2c1NC(=O)C2(O)CC(=O)c1ccsc1. The Morgan fingerprint density at radius 1 is 1.40 bits per heavy atom. The summed E-state index contributed by atoms with van der Waals surface area (Å²) in [6, 6.07) is 7.00. The third-order valence-electron chi connectivity index (χ3n) is 3.59. The highest BCUT2D eigenvalue weighted by atomic mass is 32.1. The van der Waals surface area contributed by atoms with Crippen LogP contribution in [0.3, 0.4) is 0 Å². The molecule has 1 aromatic carbocycles. The highest BCUT2D eigenvalue weighted by Crippen LogP contribution is 2.40. The fourth-order valence-electron chi connectivity index (χ4n) is 2.45. The van der Waals surface area contributed by atoms with Gasteiger partial charge in [0.2, 0.25) is 0 Å². The second-order valence-corrected chi connectivity index (χ2v) is 5.70. The largest absolute Gasteiger partial charge is 0.375 e. The Bertz CT molecular complexity index is 693. The molecule has 1 amide bonds. The van der Waals surface area contributed by atoms with Gasteiger partial charge < -0.3 is 10.4 Å². The number of rotatable bonds is 3. The summed E-state index contributed by atoms with van der Waals surface area (Å²) in [7, 11) is 0. The average molecular weight is 287 g/mol. The van der Waals surface area contributed by atoms with Crippen molar-refractivity contribution in [2.24, 2.45) is 0 Å². The highest BCUT2D eigenvalue weighted by Gasteiger charge is 2.47. The number of fused-ring (bicyclic) bond motifs is 1. The molecule has 0 saturated carbocycles. The molecule has 4 nitrogen and oxygen atoms in total. The third kappa shape index (κ3) is 1.87. The quantitative estimate of drug-likeness (QED) is 0.852. The molecule has 0 spiro atoms. The molecule has 2 aromatic rings. The van der Waals surface area contributed by atoms with Gasteiger partial charge in [-0.15, -0.1) is 0 Å². The van der Waals surface area contributed by atoms with Crippen LogP contribution in [0.2, 0.25) is 0 Å². The number of Topliss-reactive ketones (excluding diaryl/α,β-unsaturated/α-hetero) is 1. The Morgan fingerprint density at radius 2 is 2.20 bits per heavy atom. The van der Waals surface area contributed by atoms with E-state index in [1.807, 2.05) is 13.0 Å². The molecule has 0 radical (unpaired) electrons. The van der Waals surface area contributed by atoms with Crippen LogP contribution >= 0.6 is 11.3 Å². The summed E-state index contributed by atoms with van der Waals surface area (Å²) in [5, 5.41) is 16.9. The number of ketones is 1. The van der Waals surface area contributed by atoms with Gasteiger partial charge in [0, 0.05) is 16.5 Å².